The normalized spacial score (nSPS) is 19.0. The highest BCUT2D eigenvalue weighted by Gasteiger charge is 2.26. The van der Waals surface area contributed by atoms with E-state index < -0.39 is 0 Å². The Morgan fingerprint density at radius 1 is 1.33 bits per heavy atom. The predicted molar refractivity (Wildman–Crippen MR) is 97.0 cm³/mol. The van der Waals surface area contributed by atoms with Gasteiger partial charge in [-0.1, -0.05) is 34.6 Å². The predicted octanol–water partition coefficient (Wildman–Crippen LogP) is 4.10. The Morgan fingerprint density at radius 2 is 2.10 bits per heavy atom. The average molecular weight is 328 g/mol. The molecule has 3 nitrogen and oxygen atoms in total. The van der Waals surface area contributed by atoms with Gasteiger partial charge in [0.05, 0.1) is 5.69 Å². The second kappa shape index (κ2) is 7.34. The van der Waals surface area contributed by atoms with E-state index in [-0.39, 0.29) is 0 Å². The smallest absolute Gasteiger partial charge is 0.185 e. The maximum Gasteiger partial charge on any atom is 0.185 e. The summed E-state index contributed by atoms with van der Waals surface area (Å²) in [6, 6.07) is 0. The SMILES string of the molecule is CCNCc1sc(N2CCSC(C)(C)CC2)nc1C(C)C. The molecule has 1 aromatic rings. The zero-order valence-corrected chi connectivity index (χ0v) is 15.7. The monoisotopic (exact) mass is 327 g/mol. The van der Waals surface area contributed by atoms with Crippen LogP contribution in [0.25, 0.3) is 0 Å². The lowest BCUT2D eigenvalue weighted by molar-refractivity contribution is 0.636. The molecular weight excluding hydrogens is 298 g/mol. The Balaban J connectivity index is 2.15. The lowest BCUT2D eigenvalue weighted by atomic mass is 10.1. The number of thioether (sulfide) groups is 1. The van der Waals surface area contributed by atoms with Crippen molar-refractivity contribution < 1.29 is 0 Å². The van der Waals surface area contributed by atoms with Gasteiger partial charge in [0.25, 0.3) is 0 Å². The molecule has 120 valence electrons. The van der Waals surface area contributed by atoms with Crippen LogP contribution in [0.4, 0.5) is 5.13 Å². The van der Waals surface area contributed by atoms with Crippen LogP contribution in [-0.4, -0.2) is 35.1 Å². The number of nitrogens with one attached hydrogen (secondary N) is 1. The summed E-state index contributed by atoms with van der Waals surface area (Å²) in [6.07, 6.45) is 1.23. The van der Waals surface area contributed by atoms with Crippen molar-refractivity contribution in [3.8, 4) is 0 Å². The van der Waals surface area contributed by atoms with Gasteiger partial charge in [-0.3, -0.25) is 0 Å². The van der Waals surface area contributed by atoms with E-state index in [1.807, 2.05) is 11.3 Å². The van der Waals surface area contributed by atoms with Crippen LogP contribution in [0.1, 0.15) is 57.5 Å². The van der Waals surface area contributed by atoms with Gasteiger partial charge >= 0.3 is 0 Å². The Kier molecular flexibility index (Phi) is 5.97. The molecule has 0 spiro atoms. The number of hydrogen-bond acceptors (Lipinski definition) is 5. The summed E-state index contributed by atoms with van der Waals surface area (Å²) >= 11 is 3.98. The molecule has 1 aromatic heterocycles. The van der Waals surface area contributed by atoms with Crippen molar-refractivity contribution in [2.45, 2.75) is 58.2 Å². The molecule has 1 aliphatic heterocycles. The molecule has 0 bridgehead atoms. The summed E-state index contributed by atoms with van der Waals surface area (Å²) in [6.45, 7) is 15.6. The number of anilines is 1. The highest BCUT2D eigenvalue weighted by Crippen LogP contribution is 2.35. The van der Waals surface area contributed by atoms with E-state index in [0.717, 1.165) is 26.2 Å². The van der Waals surface area contributed by atoms with Crippen LogP contribution in [0, 0.1) is 0 Å². The van der Waals surface area contributed by atoms with Crippen LogP contribution < -0.4 is 10.2 Å². The highest BCUT2D eigenvalue weighted by atomic mass is 32.2. The molecule has 0 aromatic carbocycles. The van der Waals surface area contributed by atoms with Crippen LogP contribution in [0.3, 0.4) is 0 Å². The third-order valence-electron chi connectivity index (χ3n) is 3.91. The minimum atomic E-state index is 0.402. The summed E-state index contributed by atoms with van der Waals surface area (Å²) in [5.74, 6) is 1.70. The van der Waals surface area contributed by atoms with E-state index in [2.05, 4.69) is 56.6 Å². The van der Waals surface area contributed by atoms with E-state index in [9.17, 15) is 0 Å². The highest BCUT2D eigenvalue weighted by molar-refractivity contribution is 8.00. The van der Waals surface area contributed by atoms with E-state index in [0.29, 0.717) is 10.7 Å². The Morgan fingerprint density at radius 3 is 2.76 bits per heavy atom. The number of hydrogen-bond donors (Lipinski definition) is 1. The molecule has 0 atom stereocenters. The van der Waals surface area contributed by atoms with Gasteiger partial charge < -0.3 is 10.2 Å². The van der Waals surface area contributed by atoms with Gasteiger partial charge in [0.1, 0.15) is 0 Å². The number of thiazole rings is 1. The first-order chi connectivity index (χ1) is 9.93. The molecular formula is C16H29N3S2. The van der Waals surface area contributed by atoms with Gasteiger partial charge in [-0.2, -0.15) is 11.8 Å². The van der Waals surface area contributed by atoms with Crippen LogP contribution in [0.5, 0.6) is 0 Å². The molecule has 5 heteroatoms. The molecule has 2 rings (SSSR count). The van der Waals surface area contributed by atoms with E-state index >= 15 is 0 Å². The molecule has 1 fully saturated rings. The number of aromatic nitrogens is 1. The van der Waals surface area contributed by atoms with Crippen LogP contribution >= 0.6 is 23.1 Å². The lowest BCUT2D eigenvalue weighted by Gasteiger charge is -2.22. The fourth-order valence-electron chi connectivity index (χ4n) is 2.51. The summed E-state index contributed by atoms with van der Waals surface area (Å²) in [5, 5.41) is 4.68. The second-order valence-electron chi connectivity index (χ2n) is 6.59. The van der Waals surface area contributed by atoms with Crippen molar-refractivity contribution in [3.05, 3.63) is 10.6 Å². The molecule has 1 aliphatic rings. The molecule has 1 N–H and O–H groups in total. The third kappa shape index (κ3) is 4.60. The molecule has 21 heavy (non-hydrogen) atoms. The second-order valence-corrected chi connectivity index (χ2v) is 9.45. The molecule has 1 saturated heterocycles. The van der Waals surface area contributed by atoms with E-state index in [1.54, 1.807) is 0 Å². The fraction of sp³-hybridized carbons (Fsp3) is 0.812. The Bertz CT molecular complexity index is 454. The maximum atomic E-state index is 4.97. The lowest BCUT2D eigenvalue weighted by Crippen LogP contribution is -2.26. The Labute approximate surface area is 137 Å². The minimum absolute atomic E-state index is 0.402. The maximum absolute atomic E-state index is 4.97. The first-order valence-electron chi connectivity index (χ1n) is 8.02. The largest absolute Gasteiger partial charge is 0.347 e. The first-order valence-corrected chi connectivity index (χ1v) is 9.82. The molecule has 0 radical (unpaired) electrons. The van der Waals surface area contributed by atoms with Crippen molar-refractivity contribution in [1.29, 1.82) is 0 Å². The fourth-order valence-corrected chi connectivity index (χ4v) is 4.85. The van der Waals surface area contributed by atoms with E-state index in [1.165, 1.54) is 27.9 Å². The van der Waals surface area contributed by atoms with Crippen molar-refractivity contribution in [1.82, 2.24) is 10.3 Å². The van der Waals surface area contributed by atoms with Gasteiger partial charge in [0, 0.05) is 35.0 Å². The van der Waals surface area contributed by atoms with Crippen molar-refractivity contribution in [2.75, 3.05) is 30.3 Å². The van der Waals surface area contributed by atoms with Crippen molar-refractivity contribution >= 4 is 28.2 Å². The van der Waals surface area contributed by atoms with Gasteiger partial charge in [-0.15, -0.1) is 11.3 Å². The zero-order valence-electron chi connectivity index (χ0n) is 14.0. The number of rotatable bonds is 5. The molecule has 2 heterocycles. The average Bonchev–Trinajstić information content (AvgIpc) is 2.75. The quantitative estimate of drug-likeness (QED) is 0.881. The van der Waals surface area contributed by atoms with Crippen molar-refractivity contribution in [3.63, 3.8) is 0 Å². The van der Waals surface area contributed by atoms with Gasteiger partial charge in [-0.25, -0.2) is 4.98 Å². The number of nitrogens with zero attached hydrogens (tertiary/aromatic N) is 2. The molecule has 0 amide bonds. The summed E-state index contributed by atoms with van der Waals surface area (Å²) in [5.41, 5.74) is 1.28. The topological polar surface area (TPSA) is 28.2 Å². The standard InChI is InChI=1S/C16H29N3S2/c1-6-17-11-13-14(12(2)3)18-15(21-13)19-8-7-16(4,5)20-10-9-19/h12,17H,6-11H2,1-5H3. The first kappa shape index (κ1) is 17.1. The van der Waals surface area contributed by atoms with E-state index in [4.69, 9.17) is 4.98 Å². The summed E-state index contributed by atoms with van der Waals surface area (Å²) in [7, 11) is 0. The Hall–Kier alpha value is -0.260. The third-order valence-corrected chi connectivity index (χ3v) is 6.41. The van der Waals surface area contributed by atoms with Gasteiger partial charge in [0.2, 0.25) is 0 Å². The molecule has 0 unspecified atom stereocenters. The summed E-state index contributed by atoms with van der Waals surface area (Å²) in [4.78, 5) is 8.88. The van der Waals surface area contributed by atoms with Gasteiger partial charge in [0.15, 0.2) is 5.13 Å². The van der Waals surface area contributed by atoms with Crippen LogP contribution in [0.15, 0.2) is 0 Å². The van der Waals surface area contributed by atoms with Gasteiger partial charge in [-0.05, 0) is 18.9 Å². The minimum Gasteiger partial charge on any atom is -0.347 e. The van der Waals surface area contributed by atoms with Crippen LogP contribution in [-0.2, 0) is 6.54 Å². The van der Waals surface area contributed by atoms with Crippen LogP contribution in [0.2, 0.25) is 0 Å². The van der Waals surface area contributed by atoms with Crippen molar-refractivity contribution in [2.24, 2.45) is 0 Å². The summed E-state index contributed by atoms with van der Waals surface area (Å²) < 4.78 is 0.402. The molecule has 0 saturated carbocycles. The zero-order chi connectivity index (χ0) is 15.5. The molecule has 0 aliphatic carbocycles.